The number of carbonyl (C=O) groups excluding carboxylic acids is 5. The highest BCUT2D eigenvalue weighted by Gasteiger charge is 2.32. The second-order valence-corrected chi connectivity index (χ2v) is 15.1. The monoisotopic (exact) mass is 793 g/mol. The highest BCUT2D eigenvalue weighted by atomic mass is 32.1. The van der Waals surface area contributed by atoms with Gasteiger partial charge in [-0.25, -0.2) is 4.79 Å². The van der Waals surface area contributed by atoms with E-state index in [0.717, 1.165) is 26.4 Å². The minimum Gasteiger partial charge on any atom is -0.480 e. The molecule has 6 N–H and O–H groups in total. The molecule has 0 bridgehead atoms. The average Bonchev–Trinajstić information content (AvgIpc) is 3.93. The molecule has 3 aromatic carbocycles. The lowest BCUT2D eigenvalue weighted by molar-refractivity contribution is -0.142. The minimum absolute atomic E-state index is 0.0557. The molecule has 56 heavy (non-hydrogen) atoms. The number of carboxylic acid groups (broad SMARTS) is 1. The van der Waals surface area contributed by atoms with E-state index in [-0.39, 0.29) is 38.0 Å². The molecule has 4 atom stereocenters. The quantitative estimate of drug-likeness (QED) is 0.0615. The fourth-order valence-corrected chi connectivity index (χ4v) is 7.45. The van der Waals surface area contributed by atoms with Gasteiger partial charge in [-0.3, -0.25) is 24.0 Å². The molecule has 0 spiro atoms. The van der Waals surface area contributed by atoms with E-state index in [1.165, 1.54) is 22.7 Å². The second-order valence-electron chi connectivity index (χ2n) is 13.0. The topological polar surface area (TPSA) is 183 Å². The van der Waals surface area contributed by atoms with Crippen LogP contribution in [0.4, 0.5) is 5.69 Å². The second kappa shape index (κ2) is 20.5. The average molecular weight is 794 g/mol. The Kier molecular flexibility index (Phi) is 15.0. The lowest BCUT2D eigenvalue weighted by Crippen LogP contribution is -2.59. The van der Waals surface area contributed by atoms with Crippen LogP contribution in [0.5, 0.6) is 0 Å². The van der Waals surface area contributed by atoms with Crippen LogP contribution in [0.15, 0.2) is 114 Å². The summed E-state index contributed by atoms with van der Waals surface area (Å²) in [7, 11) is 0. The van der Waals surface area contributed by atoms with Crippen LogP contribution in [0.2, 0.25) is 0 Å². The van der Waals surface area contributed by atoms with Gasteiger partial charge in [0.15, 0.2) is 0 Å². The molecule has 0 fully saturated rings. The molecule has 5 rings (SSSR count). The minimum atomic E-state index is -1.34. The summed E-state index contributed by atoms with van der Waals surface area (Å²) in [6.45, 7) is 1.68. The molecule has 12 nitrogen and oxygen atoms in total. The van der Waals surface area contributed by atoms with Crippen LogP contribution >= 0.6 is 22.7 Å². The van der Waals surface area contributed by atoms with Gasteiger partial charge in [-0.15, -0.1) is 22.7 Å². The highest BCUT2D eigenvalue weighted by molar-refractivity contribution is 7.10. The molecule has 0 saturated carbocycles. The van der Waals surface area contributed by atoms with E-state index in [4.69, 9.17) is 0 Å². The number of aliphatic carboxylic acids is 1. The van der Waals surface area contributed by atoms with Gasteiger partial charge in [0.05, 0.1) is 0 Å². The number of thiophene rings is 2. The van der Waals surface area contributed by atoms with Crippen molar-refractivity contribution in [3.8, 4) is 11.1 Å². The smallest absolute Gasteiger partial charge is 0.326 e. The molecule has 0 radical (unpaired) electrons. The molecule has 0 unspecified atom stereocenters. The summed E-state index contributed by atoms with van der Waals surface area (Å²) in [5, 5.41) is 27.3. The maximum atomic E-state index is 14.3. The summed E-state index contributed by atoms with van der Waals surface area (Å²) >= 11 is 2.82. The van der Waals surface area contributed by atoms with Gasteiger partial charge in [0.2, 0.25) is 30.0 Å². The van der Waals surface area contributed by atoms with Crippen molar-refractivity contribution in [3.05, 3.63) is 135 Å². The summed E-state index contributed by atoms with van der Waals surface area (Å²) in [6, 6.07) is 26.5. The predicted molar refractivity (Wildman–Crippen MR) is 217 cm³/mol. The third-order valence-corrected chi connectivity index (χ3v) is 10.7. The first-order chi connectivity index (χ1) is 27.1. The Balaban J connectivity index is 1.39. The maximum absolute atomic E-state index is 14.3. The molecule has 5 amide bonds. The molecule has 290 valence electrons. The Hall–Kier alpha value is -6.12. The molecule has 14 heteroatoms. The number of hydrogen-bond acceptors (Lipinski definition) is 8. The van der Waals surface area contributed by atoms with Crippen molar-refractivity contribution in [1.82, 2.24) is 21.3 Å². The van der Waals surface area contributed by atoms with Gasteiger partial charge < -0.3 is 31.7 Å². The van der Waals surface area contributed by atoms with Crippen LogP contribution in [0.1, 0.15) is 34.2 Å². The van der Waals surface area contributed by atoms with E-state index in [0.29, 0.717) is 17.7 Å². The Labute approximate surface area is 332 Å². The van der Waals surface area contributed by atoms with Crippen molar-refractivity contribution in [2.75, 3.05) is 5.32 Å². The Bertz CT molecular complexity index is 2060. The van der Waals surface area contributed by atoms with E-state index >= 15 is 0 Å². The number of hydrogen-bond donors (Lipinski definition) is 6. The highest BCUT2D eigenvalue weighted by Crippen LogP contribution is 2.21. The Morgan fingerprint density at radius 2 is 1.04 bits per heavy atom. The number of benzene rings is 3. The number of anilines is 1. The zero-order chi connectivity index (χ0) is 39.9. The van der Waals surface area contributed by atoms with Gasteiger partial charge in [-0.05, 0) is 57.3 Å². The zero-order valence-corrected chi connectivity index (χ0v) is 32.2. The molecular formula is C42H43N5O7S2. The van der Waals surface area contributed by atoms with Crippen LogP contribution in [0, 0.1) is 0 Å². The van der Waals surface area contributed by atoms with Crippen LogP contribution < -0.4 is 26.6 Å². The van der Waals surface area contributed by atoms with E-state index in [9.17, 15) is 33.9 Å². The van der Waals surface area contributed by atoms with Crippen molar-refractivity contribution in [3.63, 3.8) is 0 Å². The van der Waals surface area contributed by atoms with Gasteiger partial charge >= 0.3 is 5.97 Å². The van der Waals surface area contributed by atoms with E-state index in [1.54, 1.807) is 43.3 Å². The standard InChI is InChI=1S/C42H43N5O7S2/c1-2-38(49)44-35(24-32-10-6-20-55-32)40(51)45-34(22-27-12-16-30(17-13-27)29-8-4-3-5-9-29)39(50)46-36(25-33-11-7-21-56-33)41(52)47-37(42(53)54)23-28-14-18-31(19-15-28)43-26-48/h3-21,26,34-37H,2,22-25H2,1H3,(H,43,48)(H,44,49)(H,45,51)(H,46,50)(H,47,52)(H,53,54)/t34-,35+,36+,37-/m0/s1. The summed E-state index contributed by atoms with van der Waals surface area (Å²) < 4.78 is 0. The first-order valence-corrected chi connectivity index (χ1v) is 19.8. The Morgan fingerprint density at radius 3 is 1.52 bits per heavy atom. The normalized spacial score (nSPS) is 12.9. The molecule has 0 saturated heterocycles. The van der Waals surface area contributed by atoms with Crippen molar-refractivity contribution >= 4 is 64.4 Å². The van der Waals surface area contributed by atoms with Gasteiger partial charge in [-0.1, -0.05) is 85.8 Å². The van der Waals surface area contributed by atoms with E-state index < -0.39 is 47.9 Å². The summed E-state index contributed by atoms with van der Waals surface area (Å²) in [5.41, 5.74) is 3.84. The van der Waals surface area contributed by atoms with Crippen molar-refractivity contribution in [2.24, 2.45) is 0 Å². The van der Waals surface area contributed by atoms with Crippen molar-refractivity contribution < 1.29 is 33.9 Å². The van der Waals surface area contributed by atoms with Gasteiger partial charge in [0.1, 0.15) is 24.2 Å². The third-order valence-electron chi connectivity index (χ3n) is 8.94. The first-order valence-electron chi connectivity index (χ1n) is 18.0. The van der Waals surface area contributed by atoms with Crippen molar-refractivity contribution in [2.45, 2.75) is 63.2 Å². The first kappa shape index (κ1) is 41.1. The summed E-state index contributed by atoms with van der Waals surface area (Å²) in [4.78, 5) is 79.4. The van der Waals surface area contributed by atoms with Crippen LogP contribution in [-0.2, 0) is 54.5 Å². The molecule has 0 aliphatic heterocycles. The molecule has 0 aliphatic rings. The lowest BCUT2D eigenvalue weighted by atomic mass is 9.99. The predicted octanol–water partition coefficient (Wildman–Crippen LogP) is 4.75. The van der Waals surface area contributed by atoms with Gasteiger partial charge in [0, 0.05) is 47.5 Å². The van der Waals surface area contributed by atoms with Gasteiger partial charge in [-0.2, -0.15) is 0 Å². The molecule has 2 heterocycles. The number of nitrogens with one attached hydrogen (secondary N) is 5. The van der Waals surface area contributed by atoms with E-state index in [1.807, 2.05) is 77.5 Å². The molecule has 0 aliphatic carbocycles. The number of carbonyl (C=O) groups is 6. The van der Waals surface area contributed by atoms with E-state index in [2.05, 4.69) is 26.6 Å². The SMILES string of the molecule is CCC(=O)N[C@H](Cc1cccs1)C(=O)N[C@@H](Cc1ccc(-c2ccccc2)cc1)C(=O)N[C@H](Cc1cccs1)C(=O)N[C@@H](Cc1ccc(NC=O)cc1)C(=O)O. The third kappa shape index (κ3) is 12.2. The fourth-order valence-electron chi connectivity index (χ4n) is 5.94. The number of rotatable bonds is 20. The fraction of sp³-hybridized carbons (Fsp3) is 0.238. The maximum Gasteiger partial charge on any atom is 0.326 e. The summed E-state index contributed by atoms with van der Waals surface area (Å²) in [5.74, 6) is -3.55. The number of carboxylic acids is 1. The summed E-state index contributed by atoms with van der Waals surface area (Å²) in [6.07, 6.45) is 0.961. The van der Waals surface area contributed by atoms with Crippen LogP contribution in [0.25, 0.3) is 11.1 Å². The van der Waals surface area contributed by atoms with Crippen molar-refractivity contribution in [1.29, 1.82) is 0 Å². The molecule has 2 aromatic heterocycles. The molecular weight excluding hydrogens is 751 g/mol. The lowest BCUT2D eigenvalue weighted by Gasteiger charge is -2.26. The Morgan fingerprint density at radius 1 is 0.571 bits per heavy atom. The van der Waals surface area contributed by atoms with Crippen LogP contribution in [-0.4, -0.2) is 65.3 Å². The number of amides is 5. The molecule has 5 aromatic rings. The zero-order valence-electron chi connectivity index (χ0n) is 30.6. The van der Waals surface area contributed by atoms with Gasteiger partial charge in [0.25, 0.3) is 0 Å². The van der Waals surface area contributed by atoms with Crippen LogP contribution in [0.3, 0.4) is 0 Å². The largest absolute Gasteiger partial charge is 0.480 e.